The molecule has 0 aromatic heterocycles. The number of halogens is 2. The highest BCUT2D eigenvalue weighted by molar-refractivity contribution is 6.42. The third-order valence-corrected chi connectivity index (χ3v) is 5.16. The molecule has 1 rings (SSSR count). The summed E-state index contributed by atoms with van der Waals surface area (Å²) in [5.41, 5.74) is 1.46. The number of benzene rings is 1. The van der Waals surface area contributed by atoms with Gasteiger partial charge in [-0.25, -0.2) is 0 Å². The van der Waals surface area contributed by atoms with Crippen LogP contribution >= 0.6 is 23.2 Å². The Morgan fingerprint density at radius 1 is 1.19 bits per heavy atom. The average molecular weight is 330 g/mol. The molecule has 1 aromatic rings. The van der Waals surface area contributed by atoms with Gasteiger partial charge in [0.05, 0.1) is 10.0 Å². The lowest BCUT2D eigenvalue weighted by Crippen LogP contribution is -2.36. The topological polar surface area (TPSA) is 12.0 Å². The zero-order valence-corrected chi connectivity index (χ0v) is 15.5. The van der Waals surface area contributed by atoms with Crippen LogP contribution < -0.4 is 5.32 Å². The molecule has 0 aliphatic carbocycles. The molecule has 0 amide bonds. The highest BCUT2D eigenvalue weighted by Crippen LogP contribution is 2.31. The second-order valence-electron chi connectivity index (χ2n) is 7.07. The predicted octanol–water partition coefficient (Wildman–Crippen LogP) is 5.98. The van der Waals surface area contributed by atoms with Gasteiger partial charge >= 0.3 is 0 Å². The largest absolute Gasteiger partial charge is 0.314 e. The fourth-order valence-electron chi connectivity index (χ4n) is 2.34. The van der Waals surface area contributed by atoms with Gasteiger partial charge in [-0.05, 0) is 48.8 Å². The van der Waals surface area contributed by atoms with Crippen molar-refractivity contribution in [2.24, 2.45) is 11.3 Å². The van der Waals surface area contributed by atoms with Gasteiger partial charge in [-0.1, -0.05) is 70.0 Å². The van der Waals surface area contributed by atoms with E-state index in [1.165, 1.54) is 0 Å². The summed E-state index contributed by atoms with van der Waals surface area (Å²) in [6.07, 6.45) is 3.22. The van der Waals surface area contributed by atoms with Crippen LogP contribution in [0, 0.1) is 11.3 Å². The molecule has 2 unspecified atom stereocenters. The monoisotopic (exact) mass is 329 g/mol. The summed E-state index contributed by atoms with van der Waals surface area (Å²) in [5, 5.41) is 5.01. The van der Waals surface area contributed by atoms with Crippen molar-refractivity contribution in [3.05, 3.63) is 33.8 Å². The molecule has 0 bridgehead atoms. The Balaban J connectivity index is 2.80. The lowest BCUT2D eigenvalue weighted by atomic mass is 9.78. The van der Waals surface area contributed by atoms with Crippen LogP contribution in [0.25, 0.3) is 0 Å². The zero-order chi connectivity index (χ0) is 16.0. The van der Waals surface area contributed by atoms with E-state index in [0.717, 1.165) is 31.4 Å². The molecule has 3 heteroatoms. The summed E-state index contributed by atoms with van der Waals surface area (Å²) in [6.45, 7) is 12.5. The van der Waals surface area contributed by atoms with E-state index in [-0.39, 0.29) is 0 Å². The smallest absolute Gasteiger partial charge is 0.0624 e. The third-order valence-electron chi connectivity index (χ3n) is 4.30. The van der Waals surface area contributed by atoms with Crippen molar-refractivity contribution in [1.82, 2.24) is 5.32 Å². The first-order chi connectivity index (χ1) is 9.75. The van der Waals surface area contributed by atoms with Gasteiger partial charge in [-0.15, -0.1) is 0 Å². The molecule has 1 N–H and O–H groups in total. The van der Waals surface area contributed by atoms with Crippen LogP contribution in [0.2, 0.25) is 10.0 Å². The summed E-state index contributed by atoms with van der Waals surface area (Å²) < 4.78 is 0. The molecule has 0 heterocycles. The van der Waals surface area contributed by atoms with E-state index in [1.807, 2.05) is 12.1 Å². The molecule has 0 aliphatic heterocycles. The van der Waals surface area contributed by atoms with Gasteiger partial charge in [-0.3, -0.25) is 0 Å². The van der Waals surface area contributed by atoms with E-state index >= 15 is 0 Å². The Bertz CT molecular complexity index is 437. The SMILES string of the molecule is CCCNC(Cc1cccc(Cl)c1Cl)CC(C)C(C)(C)C. The average Bonchev–Trinajstić information content (AvgIpc) is 2.40. The minimum Gasteiger partial charge on any atom is -0.314 e. The van der Waals surface area contributed by atoms with E-state index in [2.05, 4.69) is 46.0 Å². The van der Waals surface area contributed by atoms with Crippen molar-refractivity contribution < 1.29 is 0 Å². The van der Waals surface area contributed by atoms with E-state index in [1.54, 1.807) is 0 Å². The van der Waals surface area contributed by atoms with E-state index in [4.69, 9.17) is 23.2 Å². The highest BCUT2D eigenvalue weighted by atomic mass is 35.5. The standard InChI is InChI=1S/C18H29Cl2N/c1-6-10-21-15(11-13(2)18(3,4)5)12-14-8-7-9-16(19)17(14)20/h7-9,13,15,21H,6,10-12H2,1-5H3. The quantitative estimate of drug-likeness (QED) is 0.649. The summed E-state index contributed by atoms with van der Waals surface area (Å²) in [7, 11) is 0. The maximum atomic E-state index is 6.34. The summed E-state index contributed by atoms with van der Waals surface area (Å²) in [5.74, 6) is 0.643. The fraction of sp³-hybridized carbons (Fsp3) is 0.667. The van der Waals surface area contributed by atoms with E-state index in [0.29, 0.717) is 27.4 Å². The highest BCUT2D eigenvalue weighted by Gasteiger charge is 2.24. The molecule has 120 valence electrons. The van der Waals surface area contributed by atoms with Crippen LogP contribution in [0.5, 0.6) is 0 Å². The van der Waals surface area contributed by atoms with Crippen molar-refractivity contribution in [3.63, 3.8) is 0 Å². The lowest BCUT2D eigenvalue weighted by Gasteiger charge is -2.31. The molecule has 21 heavy (non-hydrogen) atoms. The van der Waals surface area contributed by atoms with Crippen molar-refractivity contribution in [3.8, 4) is 0 Å². The molecule has 1 aromatic carbocycles. The Labute approximate surface area is 140 Å². The van der Waals surface area contributed by atoms with Crippen LogP contribution in [-0.2, 0) is 6.42 Å². The van der Waals surface area contributed by atoms with Gasteiger partial charge < -0.3 is 5.32 Å². The summed E-state index contributed by atoms with van der Waals surface area (Å²) in [4.78, 5) is 0. The molecular formula is C18H29Cl2N. The van der Waals surface area contributed by atoms with Gasteiger partial charge in [-0.2, -0.15) is 0 Å². The Morgan fingerprint density at radius 3 is 2.43 bits per heavy atom. The number of hydrogen-bond donors (Lipinski definition) is 1. The minimum absolute atomic E-state index is 0.324. The molecule has 0 saturated heterocycles. The minimum atomic E-state index is 0.324. The normalized spacial score (nSPS) is 15.0. The third kappa shape index (κ3) is 6.18. The van der Waals surface area contributed by atoms with Gasteiger partial charge in [0.1, 0.15) is 0 Å². The number of nitrogens with one attached hydrogen (secondary N) is 1. The fourth-order valence-corrected chi connectivity index (χ4v) is 2.74. The molecule has 0 fully saturated rings. The van der Waals surface area contributed by atoms with E-state index < -0.39 is 0 Å². The number of rotatable bonds is 7. The van der Waals surface area contributed by atoms with Crippen LogP contribution in [0.1, 0.15) is 53.0 Å². The van der Waals surface area contributed by atoms with Crippen molar-refractivity contribution in [1.29, 1.82) is 0 Å². The second kappa shape index (κ2) is 8.41. The Hall–Kier alpha value is -0.240. The molecule has 2 atom stereocenters. The first kappa shape index (κ1) is 18.8. The molecule has 0 saturated carbocycles. The molecular weight excluding hydrogens is 301 g/mol. The van der Waals surface area contributed by atoms with Crippen molar-refractivity contribution >= 4 is 23.2 Å². The van der Waals surface area contributed by atoms with Crippen molar-refractivity contribution in [2.75, 3.05) is 6.54 Å². The second-order valence-corrected chi connectivity index (χ2v) is 7.86. The Kier molecular flexibility index (Phi) is 7.53. The van der Waals surface area contributed by atoms with Gasteiger partial charge in [0, 0.05) is 6.04 Å². The zero-order valence-electron chi connectivity index (χ0n) is 14.0. The molecule has 0 aliphatic rings. The van der Waals surface area contributed by atoms with Gasteiger partial charge in [0.15, 0.2) is 0 Å². The molecule has 0 radical (unpaired) electrons. The first-order valence-electron chi connectivity index (χ1n) is 7.92. The summed E-state index contributed by atoms with van der Waals surface area (Å²) >= 11 is 12.5. The lowest BCUT2D eigenvalue weighted by molar-refractivity contribution is 0.222. The maximum absolute atomic E-state index is 6.34. The summed E-state index contributed by atoms with van der Waals surface area (Å²) in [6, 6.07) is 6.35. The van der Waals surface area contributed by atoms with Crippen LogP contribution in [0.4, 0.5) is 0 Å². The molecule has 1 nitrogen and oxygen atoms in total. The van der Waals surface area contributed by atoms with Gasteiger partial charge in [0.25, 0.3) is 0 Å². The van der Waals surface area contributed by atoms with Crippen LogP contribution in [0.3, 0.4) is 0 Å². The first-order valence-corrected chi connectivity index (χ1v) is 8.67. The maximum Gasteiger partial charge on any atom is 0.0624 e. The Morgan fingerprint density at radius 2 is 1.86 bits per heavy atom. The van der Waals surface area contributed by atoms with E-state index in [9.17, 15) is 0 Å². The van der Waals surface area contributed by atoms with Crippen LogP contribution in [-0.4, -0.2) is 12.6 Å². The van der Waals surface area contributed by atoms with Crippen LogP contribution in [0.15, 0.2) is 18.2 Å². The molecule has 0 spiro atoms. The number of hydrogen-bond acceptors (Lipinski definition) is 1. The van der Waals surface area contributed by atoms with Gasteiger partial charge in [0.2, 0.25) is 0 Å². The predicted molar refractivity (Wildman–Crippen MR) is 95.5 cm³/mol. The van der Waals surface area contributed by atoms with Crippen molar-refractivity contribution in [2.45, 2.75) is 59.9 Å².